The Kier molecular flexibility index (Phi) is 18.7. The maximum Gasteiger partial charge on any atom is 0.0484 e. The van der Waals surface area contributed by atoms with E-state index in [4.69, 9.17) is 0 Å². The number of aryl methyl sites for hydroxylation is 1. The highest BCUT2D eigenvalue weighted by atomic mass is 15.0. The van der Waals surface area contributed by atoms with E-state index < -0.39 is 0 Å². The number of benzene rings is 1. The lowest BCUT2D eigenvalue weighted by Gasteiger charge is -2.14. The zero-order chi connectivity index (χ0) is 30.4. The number of nitrogens with one attached hydrogen (secondary N) is 2. The average molecular weight is 592 g/mol. The zero-order valence-corrected chi connectivity index (χ0v) is 28.6. The first-order chi connectivity index (χ1) is 21.2. The summed E-state index contributed by atoms with van der Waals surface area (Å²) >= 11 is 0. The van der Waals surface area contributed by atoms with E-state index in [-0.39, 0.29) is 0 Å². The van der Waals surface area contributed by atoms with Gasteiger partial charge in [-0.3, -0.25) is 0 Å². The quantitative estimate of drug-likeness (QED) is 0.101. The second-order valence-electron chi connectivity index (χ2n) is 13.7. The summed E-state index contributed by atoms with van der Waals surface area (Å²) < 4.78 is 2.40. The molecule has 0 amide bonds. The maximum absolute atomic E-state index is 4.33. The molecule has 0 spiro atoms. The van der Waals surface area contributed by atoms with E-state index >= 15 is 0 Å². The van der Waals surface area contributed by atoms with Crippen LogP contribution in [-0.4, -0.2) is 17.2 Å². The van der Waals surface area contributed by atoms with Gasteiger partial charge in [-0.1, -0.05) is 142 Å². The van der Waals surface area contributed by atoms with Crippen LogP contribution in [0.1, 0.15) is 174 Å². The number of nitrogens with zero attached hydrogens (tertiary/aromatic N) is 1. The van der Waals surface area contributed by atoms with Crippen LogP contribution in [0.15, 0.2) is 36.7 Å². The number of unbranched alkanes of at least 4 members (excludes halogenated alkanes) is 18. The van der Waals surface area contributed by atoms with Crippen LogP contribution in [0.3, 0.4) is 0 Å². The van der Waals surface area contributed by atoms with Gasteiger partial charge >= 0.3 is 0 Å². The normalized spacial score (nSPS) is 13.7. The number of hydrogen-bond acceptors (Lipinski definition) is 2. The SMILES string of the molecule is C=C(CCCCCCCCCCCCCCCCCCCCC)NCCc1cn(CC)c2ccc(NC3CCCC3)cc12. The van der Waals surface area contributed by atoms with Crippen LogP contribution in [0.2, 0.25) is 0 Å². The Labute approximate surface area is 267 Å². The first-order valence-corrected chi connectivity index (χ1v) is 19.0. The number of anilines is 1. The van der Waals surface area contributed by atoms with Crippen LogP contribution in [0.5, 0.6) is 0 Å². The minimum absolute atomic E-state index is 0.656. The summed E-state index contributed by atoms with van der Waals surface area (Å²) in [6.45, 7) is 10.9. The second-order valence-corrected chi connectivity index (χ2v) is 13.7. The molecule has 1 aliphatic rings. The van der Waals surface area contributed by atoms with Gasteiger partial charge in [-0.2, -0.15) is 0 Å². The van der Waals surface area contributed by atoms with E-state index in [1.165, 1.54) is 176 Å². The van der Waals surface area contributed by atoms with E-state index in [1.54, 1.807) is 0 Å². The molecule has 0 unspecified atom stereocenters. The van der Waals surface area contributed by atoms with Gasteiger partial charge in [0.2, 0.25) is 0 Å². The van der Waals surface area contributed by atoms with Crippen LogP contribution >= 0.6 is 0 Å². The molecule has 3 nitrogen and oxygen atoms in total. The van der Waals surface area contributed by atoms with Crippen molar-refractivity contribution in [1.29, 1.82) is 0 Å². The van der Waals surface area contributed by atoms with Crippen molar-refractivity contribution in [2.75, 3.05) is 11.9 Å². The molecule has 0 bridgehead atoms. The van der Waals surface area contributed by atoms with Crippen molar-refractivity contribution in [2.45, 2.75) is 187 Å². The lowest BCUT2D eigenvalue weighted by Crippen LogP contribution is -2.16. The minimum atomic E-state index is 0.656. The van der Waals surface area contributed by atoms with Crippen molar-refractivity contribution >= 4 is 16.6 Å². The fourth-order valence-electron chi connectivity index (χ4n) is 7.11. The highest BCUT2D eigenvalue weighted by Gasteiger charge is 2.15. The molecule has 3 heteroatoms. The van der Waals surface area contributed by atoms with Crippen LogP contribution in [0, 0.1) is 0 Å². The molecule has 1 aliphatic carbocycles. The first kappa shape index (κ1) is 35.6. The Bertz CT molecular complexity index is 983. The van der Waals surface area contributed by atoms with Crippen molar-refractivity contribution in [2.24, 2.45) is 0 Å². The third kappa shape index (κ3) is 14.6. The number of allylic oxidation sites excluding steroid dienone is 1. The molecule has 0 atom stereocenters. The van der Waals surface area contributed by atoms with Gasteiger partial charge in [0.05, 0.1) is 0 Å². The maximum atomic E-state index is 4.33. The number of rotatable bonds is 27. The minimum Gasteiger partial charge on any atom is -0.388 e. The first-order valence-electron chi connectivity index (χ1n) is 19.0. The van der Waals surface area contributed by atoms with Gasteiger partial charge < -0.3 is 15.2 Å². The summed E-state index contributed by atoms with van der Waals surface area (Å²) in [5.74, 6) is 0. The molecular weight excluding hydrogens is 522 g/mol. The standard InChI is InChI=1S/C40H69N3/c1-4-6-7-8-9-10-11-12-13-14-15-16-17-18-19-20-21-22-23-26-35(3)41-32-31-36-34-43(5-2)40-30-29-38(33-39(36)40)42-37-27-24-25-28-37/h29-30,33-34,37,41-42H,3-28,31-32H2,1-2H3. The van der Waals surface area contributed by atoms with Gasteiger partial charge in [0.25, 0.3) is 0 Å². The molecule has 1 heterocycles. The monoisotopic (exact) mass is 592 g/mol. The summed E-state index contributed by atoms with van der Waals surface area (Å²) in [6, 6.07) is 7.63. The molecule has 1 aromatic carbocycles. The Balaban J connectivity index is 1.14. The predicted octanol–water partition coefficient (Wildman–Crippen LogP) is 12.5. The van der Waals surface area contributed by atoms with Crippen LogP contribution < -0.4 is 10.6 Å². The van der Waals surface area contributed by atoms with Crippen LogP contribution in [-0.2, 0) is 13.0 Å². The number of aromatic nitrogens is 1. The lowest BCUT2D eigenvalue weighted by atomic mass is 10.0. The topological polar surface area (TPSA) is 29.0 Å². The van der Waals surface area contributed by atoms with Crippen molar-refractivity contribution in [3.05, 3.63) is 42.2 Å². The number of hydrogen-bond donors (Lipinski definition) is 2. The highest BCUT2D eigenvalue weighted by molar-refractivity contribution is 5.87. The third-order valence-electron chi connectivity index (χ3n) is 9.88. The van der Waals surface area contributed by atoms with Gasteiger partial charge in [-0.25, -0.2) is 0 Å². The average Bonchev–Trinajstić information content (AvgIpc) is 3.66. The van der Waals surface area contributed by atoms with E-state index in [1.807, 2.05) is 0 Å². The van der Waals surface area contributed by atoms with Gasteiger partial charge in [0, 0.05) is 47.6 Å². The summed E-state index contributed by atoms with van der Waals surface area (Å²) in [6.07, 6.45) is 37.1. The summed E-state index contributed by atoms with van der Waals surface area (Å²) in [5, 5.41) is 8.84. The predicted molar refractivity (Wildman–Crippen MR) is 192 cm³/mol. The largest absolute Gasteiger partial charge is 0.388 e. The smallest absolute Gasteiger partial charge is 0.0484 e. The van der Waals surface area contributed by atoms with E-state index in [0.29, 0.717) is 6.04 Å². The molecule has 1 fully saturated rings. The fourth-order valence-corrected chi connectivity index (χ4v) is 7.11. The lowest BCUT2D eigenvalue weighted by molar-refractivity contribution is 0.522. The molecule has 2 N–H and O–H groups in total. The van der Waals surface area contributed by atoms with Crippen LogP contribution in [0.25, 0.3) is 10.9 Å². The number of fused-ring (bicyclic) bond motifs is 1. The fraction of sp³-hybridized carbons (Fsp3) is 0.750. The van der Waals surface area contributed by atoms with E-state index in [0.717, 1.165) is 25.9 Å². The van der Waals surface area contributed by atoms with Crippen molar-refractivity contribution in [3.8, 4) is 0 Å². The second kappa shape index (κ2) is 22.6. The Hall–Kier alpha value is -1.90. The highest BCUT2D eigenvalue weighted by Crippen LogP contribution is 2.28. The molecule has 2 aromatic rings. The molecule has 0 aliphatic heterocycles. The van der Waals surface area contributed by atoms with Gasteiger partial charge in [0.1, 0.15) is 0 Å². The van der Waals surface area contributed by atoms with Crippen molar-refractivity contribution < 1.29 is 0 Å². The molecule has 1 saturated carbocycles. The van der Waals surface area contributed by atoms with Gasteiger partial charge in [0.15, 0.2) is 0 Å². The molecule has 244 valence electrons. The zero-order valence-electron chi connectivity index (χ0n) is 28.6. The Morgan fingerprint density at radius 2 is 1.28 bits per heavy atom. The molecule has 43 heavy (non-hydrogen) atoms. The molecule has 1 aromatic heterocycles. The molecule has 0 saturated heterocycles. The molecular formula is C40H69N3. The van der Waals surface area contributed by atoms with E-state index in [2.05, 4.69) is 60.0 Å². The van der Waals surface area contributed by atoms with Gasteiger partial charge in [-0.15, -0.1) is 0 Å². The van der Waals surface area contributed by atoms with E-state index in [9.17, 15) is 0 Å². The van der Waals surface area contributed by atoms with Crippen molar-refractivity contribution in [3.63, 3.8) is 0 Å². The summed E-state index contributed by atoms with van der Waals surface area (Å²) in [7, 11) is 0. The molecule has 0 radical (unpaired) electrons. The Morgan fingerprint density at radius 1 is 0.744 bits per heavy atom. The summed E-state index contributed by atoms with van der Waals surface area (Å²) in [5.41, 5.74) is 5.32. The van der Waals surface area contributed by atoms with Gasteiger partial charge in [-0.05, 0) is 62.8 Å². The van der Waals surface area contributed by atoms with Crippen molar-refractivity contribution in [1.82, 2.24) is 9.88 Å². The Morgan fingerprint density at radius 3 is 1.81 bits per heavy atom. The summed E-state index contributed by atoms with van der Waals surface area (Å²) in [4.78, 5) is 0. The van der Waals surface area contributed by atoms with Crippen LogP contribution in [0.4, 0.5) is 5.69 Å². The molecule has 3 rings (SSSR count). The third-order valence-corrected chi connectivity index (χ3v) is 9.88.